The summed E-state index contributed by atoms with van der Waals surface area (Å²) in [5.74, 6) is 0. The highest BCUT2D eigenvalue weighted by Crippen LogP contribution is 2.36. The molecule has 1 unspecified atom stereocenters. The molecular weight excluding hydrogens is 340 g/mol. The maximum absolute atomic E-state index is 5.85. The van der Waals surface area contributed by atoms with Gasteiger partial charge in [0.15, 0.2) is 0 Å². The highest BCUT2D eigenvalue weighted by atomic mass is 79.9. The Hall–Kier alpha value is 0.580. The third-order valence-corrected chi connectivity index (χ3v) is 5.83. The van der Waals surface area contributed by atoms with Crippen molar-refractivity contribution in [1.82, 2.24) is 4.90 Å². The van der Waals surface area contributed by atoms with Gasteiger partial charge in [-0.15, -0.1) is 11.3 Å². The van der Waals surface area contributed by atoms with Crippen molar-refractivity contribution >= 4 is 43.2 Å². The molecule has 0 aliphatic rings. The Labute approximate surface area is 112 Å². The smallest absolute Gasteiger partial charge is 0.0843 e. The van der Waals surface area contributed by atoms with Crippen LogP contribution in [0, 0.1) is 0 Å². The van der Waals surface area contributed by atoms with E-state index in [9.17, 15) is 0 Å². The molecule has 1 heterocycles. The topological polar surface area (TPSA) is 29.3 Å². The van der Waals surface area contributed by atoms with Gasteiger partial charge in [-0.25, -0.2) is 0 Å². The van der Waals surface area contributed by atoms with Crippen molar-refractivity contribution in [3.05, 3.63) is 19.2 Å². The second kappa shape index (κ2) is 6.35. The zero-order valence-corrected chi connectivity index (χ0v) is 13.0. The Kier molecular flexibility index (Phi) is 5.77. The minimum absolute atomic E-state index is 0.340. The van der Waals surface area contributed by atoms with Gasteiger partial charge in [0.25, 0.3) is 0 Å². The molecule has 2 N–H and O–H groups in total. The molecule has 0 amide bonds. The largest absolute Gasteiger partial charge is 0.329 e. The van der Waals surface area contributed by atoms with Crippen molar-refractivity contribution in [3.8, 4) is 0 Å². The van der Waals surface area contributed by atoms with Crippen molar-refractivity contribution in [1.29, 1.82) is 0 Å². The van der Waals surface area contributed by atoms with E-state index in [1.54, 1.807) is 11.3 Å². The van der Waals surface area contributed by atoms with E-state index in [0.29, 0.717) is 12.6 Å². The van der Waals surface area contributed by atoms with Crippen molar-refractivity contribution in [3.63, 3.8) is 0 Å². The van der Waals surface area contributed by atoms with Crippen LogP contribution in [0.2, 0.25) is 0 Å². The minimum atomic E-state index is 0.340. The normalized spacial score (nSPS) is 13.5. The Balaban J connectivity index is 2.91. The van der Waals surface area contributed by atoms with Gasteiger partial charge in [-0.1, -0.05) is 13.8 Å². The number of nitrogens with zero attached hydrogens (tertiary/aromatic N) is 1. The maximum Gasteiger partial charge on any atom is 0.0843 e. The Bertz CT molecular complexity index is 291. The average molecular weight is 356 g/mol. The van der Waals surface area contributed by atoms with Crippen LogP contribution in [0.3, 0.4) is 0 Å². The van der Waals surface area contributed by atoms with E-state index in [1.165, 1.54) is 4.88 Å². The predicted octanol–water partition coefficient (Wildman–Crippen LogP) is 3.61. The monoisotopic (exact) mass is 354 g/mol. The highest BCUT2D eigenvalue weighted by molar-refractivity contribution is 9.13. The summed E-state index contributed by atoms with van der Waals surface area (Å²) in [5.41, 5.74) is 5.85. The van der Waals surface area contributed by atoms with Gasteiger partial charge in [-0.3, -0.25) is 4.90 Å². The van der Waals surface area contributed by atoms with Gasteiger partial charge in [0.05, 0.1) is 9.83 Å². The molecule has 2 nitrogen and oxygen atoms in total. The zero-order chi connectivity index (χ0) is 11.4. The van der Waals surface area contributed by atoms with Gasteiger partial charge in [-0.2, -0.15) is 0 Å². The van der Waals surface area contributed by atoms with Gasteiger partial charge >= 0.3 is 0 Å². The lowest BCUT2D eigenvalue weighted by Gasteiger charge is -2.27. The van der Waals surface area contributed by atoms with Gasteiger partial charge in [0, 0.05) is 15.9 Å². The maximum atomic E-state index is 5.85. The summed E-state index contributed by atoms with van der Waals surface area (Å²) < 4.78 is 2.26. The van der Waals surface area contributed by atoms with Gasteiger partial charge in [0.2, 0.25) is 0 Å². The van der Waals surface area contributed by atoms with Crippen molar-refractivity contribution in [2.75, 3.05) is 19.6 Å². The molecule has 0 bridgehead atoms. The summed E-state index contributed by atoms with van der Waals surface area (Å²) >= 11 is 8.78. The fourth-order valence-corrected chi connectivity index (χ4v) is 3.87. The number of likely N-dealkylation sites (N-methyl/N-ethyl adjacent to an activating group) is 1. The summed E-state index contributed by atoms with van der Waals surface area (Å²) in [7, 11) is 0. The zero-order valence-electron chi connectivity index (χ0n) is 8.96. The third-order valence-electron chi connectivity index (χ3n) is 2.47. The standard InChI is InChI=1S/C10H16Br2N2S/c1-3-14(4-2)8(6-13)9-5-7(11)10(12)15-9/h5,8H,3-4,6,13H2,1-2H3. The number of thiophene rings is 1. The van der Waals surface area contributed by atoms with Crippen LogP contribution in [0.4, 0.5) is 0 Å². The SMILES string of the molecule is CCN(CC)C(CN)c1cc(Br)c(Br)s1. The van der Waals surface area contributed by atoms with E-state index < -0.39 is 0 Å². The lowest BCUT2D eigenvalue weighted by Crippen LogP contribution is -2.32. The number of hydrogen-bond donors (Lipinski definition) is 1. The first-order chi connectivity index (χ1) is 7.13. The van der Waals surface area contributed by atoms with Gasteiger partial charge in [-0.05, 0) is 51.0 Å². The third kappa shape index (κ3) is 3.27. The molecule has 1 rings (SSSR count). The minimum Gasteiger partial charge on any atom is -0.329 e. The summed E-state index contributed by atoms with van der Waals surface area (Å²) in [6.07, 6.45) is 0. The molecule has 0 fully saturated rings. The van der Waals surface area contributed by atoms with Crippen molar-refractivity contribution in [2.45, 2.75) is 19.9 Å². The molecule has 0 aliphatic heterocycles. The summed E-state index contributed by atoms with van der Waals surface area (Å²) in [4.78, 5) is 3.70. The molecule has 5 heteroatoms. The molecule has 0 radical (unpaired) electrons. The molecule has 0 saturated heterocycles. The first-order valence-electron chi connectivity index (χ1n) is 5.02. The van der Waals surface area contributed by atoms with E-state index in [-0.39, 0.29) is 0 Å². The lowest BCUT2D eigenvalue weighted by molar-refractivity contribution is 0.227. The van der Waals surface area contributed by atoms with E-state index in [4.69, 9.17) is 5.73 Å². The average Bonchev–Trinajstić information content (AvgIpc) is 2.55. The Morgan fingerprint density at radius 2 is 2.00 bits per heavy atom. The van der Waals surface area contributed by atoms with Crippen LogP contribution in [-0.4, -0.2) is 24.5 Å². The van der Waals surface area contributed by atoms with Crippen LogP contribution in [0.25, 0.3) is 0 Å². The van der Waals surface area contributed by atoms with Crippen LogP contribution >= 0.6 is 43.2 Å². The quantitative estimate of drug-likeness (QED) is 0.874. The van der Waals surface area contributed by atoms with Crippen LogP contribution in [0.1, 0.15) is 24.8 Å². The predicted molar refractivity (Wildman–Crippen MR) is 74.4 cm³/mol. The number of hydrogen-bond acceptors (Lipinski definition) is 3. The van der Waals surface area contributed by atoms with Crippen LogP contribution in [-0.2, 0) is 0 Å². The van der Waals surface area contributed by atoms with E-state index in [1.807, 2.05) is 0 Å². The molecular formula is C10H16Br2N2S. The molecule has 0 aromatic carbocycles. The molecule has 0 saturated carbocycles. The van der Waals surface area contributed by atoms with Crippen molar-refractivity contribution in [2.24, 2.45) is 5.73 Å². The highest BCUT2D eigenvalue weighted by Gasteiger charge is 2.19. The number of halogens is 2. The van der Waals surface area contributed by atoms with Gasteiger partial charge < -0.3 is 5.73 Å². The summed E-state index contributed by atoms with van der Waals surface area (Å²) in [5, 5.41) is 0. The second-order valence-electron chi connectivity index (χ2n) is 3.24. The van der Waals surface area contributed by atoms with Crippen LogP contribution in [0.5, 0.6) is 0 Å². The lowest BCUT2D eigenvalue weighted by atomic mass is 10.2. The fraction of sp³-hybridized carbons (Fsp3) is 0.600. The summed E-state index contributed by atoms with van der Waals surface area (Å²) in [6, 6.07) is 2.50. The first kappa shape index (κ1) is 13.6. The summed E-state index contributed by atoms with van der Waals surface area (Å²) in [6.45, 7) is 7.08. The molecule has 1 aromatic heterocycles. The molecule has 15 heavy (non-hydrogen) atoms. The molecule has 1 atom stereocenters. The Morgan fingerprint density at radius 3 is 2.33 bits per heavy atom. The van der Waals surface area contributed by atoms with Crippen LogP contribution < -0.4 is 5.73 Å². The molecule has 0 aliphatic carbocycles. The Morgan fingerprint density at radius 1 is 1.40 bits per heavy atom. The molecule has 0 spiro atoms. The number of rotatable bonds is 5. The number of nitrogens with two attached hydrogens (primary N) is 1. The van der Waals surface area contributed by atoms with Crippen molar-refractivity contribution < 1.29 is 0 Å². The van der Waals surface area contributed by atoms with E-state index >= 15 is 0 Å². The first-order valence-corrected chi connectivity index (χ1v) is 7.43. The van der Waals surface area contributed by atoms with Crippen LogP contribution in [0.15, 0.2) is 14.3 Å². The van der Waals surface area contributed by atoms with Gasteiger partial charge in [0.1, 0.15) is 0 Å². The molecule has 1 aromatic rings. The van der Waals surface area contributed by atoms with E-state index in [0.717, 1.165) is 21.3 Å². The fourth-order valence-electron chi connectivity index (χ4n) is 1.64. The van der Waals surface area contributed by atoms with E-state index in [2.05, 4.69) is 56.7 Å². The molecule has 86 valence electrons. The second-order valence-corrected chi connectivity index (χ2v) is 6.50.